The van der Waals surface area contributed by atoms with Gasteiger partial charge in [0, 0.05) is 22.7 Å². The number of carbonyl (C=O) groups is 1. The van der Waals surface area contributed by atoms with E-state index in [1.807, 2.05) is 0 Å². The maximum absolute atomic E-state index is 11.9. The molecule has 28 heavy (non-hydrogen) atoms. The number of hydrogen-bond acceptors (Lipinski definition) is 9. The van der Waals surface area contributed by atoms with E-state index in [0.717, 1.165) is 17.1 Å². The first-order chi connectivity index (χ1) is 13.6. The molecule has 1 N–H and O–H groups in total. The highest BCUT2D eigenvalue weighted by molar-refractivity contribution is 7.07. The minimum absolute atomic E-state index is 0.226. The van der Waals surface area contributed by atoms with Crippen LogP contribution in [0.15, 0.2) is 47.5 Å². The molecule has 1 aromatic carbocycles. The summed E-state index contributed by atoms with van der Waals surface area (Å²) in [6.07, 6.45) is 5.25. The molecule has 0 aliphatic rings. The van der Waals surface area contributed by atoms with Gasteiger partial charge in [-0.1, -0.05) is 16.1 Å². The van der Waals surface area contributed by atoms with Crippen molar-refractivity contribution < 1.29 is 13.9 Å². The Balaban J connectivity index is 1.51. The van der Waals surface area contributed by atoms with Crippen LogP contribution in [0.3, 0.4) is 0 Å². The second kappa shape index (κ2) is 7.71. The van der Waals surface area contributed by atoms with E-state index in [2.05, 4.69) is 29.9 Å². The maximum atomic E-state index is 11.9. The van der Waals surface area contributed by atoms with E-state index in [4.69, 9.17) is 20.8 Å². The molecule has 0 aliphatic carbocycles. The van der Waals surface area contributed by atoms with Crippen LogP contribution in [0.1, 0.15) is 5.69 Å². The Morgan fingerprint density at radius 1 is 1.25 bits per heavy atom. The summed E-state index contributed by atoms with van der Waals surface area (Å²) in [5.41, 5.74) is 2.47. The Kier molecular flexibility index (Phi) is 4.96. The molecular formula is C17H11ClN6O3S. The van der Waals surface area contributed by atoms with E-state index < -0.39 is 6.09 Å². The molecule has 0 aliphatic heterocycles. The van der Waals surface area contributed by atoms with Crippen LogP contribution in [-0.2, 0) is 0 Å². The van der Waals surface area contributed by atoms with Crippen molar-refractivity contribution in [1.82, 2.24) is 24.5 Å². The van der Waals surface area contributed by atoms with Gasteiger partial charge in [0.2, 0.25) is 11.0 Å². The zero-order chi connectivity index (χ0) is 19.5. The molecule has 140 valence electrons. The van der Waals surface area contributed by atoms with Crippen molar-refractivity contribution in [3.05, 3.63) is 53.8 Å². The lowest BCUT2D eigenvalue weighted by Crippen LogP contribution is -2.17. The Morgan fingerprint density at radius 2 is 2.14 bits per heavy atom. The number of oxazole rings is 1. The molecule has 0 bridgehead atoms. The zero-order valence-electron chi connectivity index (χ0n) is 14.3. The first-order valence-electron chi connectivity index (χ1n) is 7.90. The summed E-state index contributed by atoms with van der Waals surface area (Å²) in [7, 11) is 0. The van der Waals surface area contributed by atoms with Crippen LogP contribution in [0, 0.1) is 6.92 Å². The molecule has 9 nitrogen and oxygen atoms in total. The lowest BCUT2D eigenvalue weighted by molar-refractivity contribution is 0.216. The summed E-state index contributed by atoms with van der Waals surface area (Å²) in [6.45, 7) is 1.69. The number of amides is 1. The lowest BCUT2D eigenvalue weighted by atomic mass is 10.1. The van der Waals surface area contributed by atoms with Gasteiger partial charge in [-0.15, -0.1) is 5.10 Å². The van der Waals surface area contributed by atoms with Crippen molar-refractivity contribution in [3.63, 3.8) is 0 Å². The summed E-state index contributed by atoms with van der Waals surface area (Å²) in [5, 5.41) is 7.08. The van der Waals surface area contributed by atoms with Crippen LogP contribution in [0.25, 0.3) is 22.7 Å². The number of halogens is 1. The topological polar surface area (TPSA) is 116 Å². The molecule has 0 fully saturated rings. The average molecular weight is 415 g/mol. The monoisotopic (exact) mass is 414 g/mol. The number of carbonyl (C=O) groups excluding carboxylic acids is 1. The predicted octanol–water partition coefficient (Wildman–Crippen LogP) is 4.22. The van der Waals surface area contributed by atoms with Crippen molar-refractivity contribution in [1.29, 1.82) is 0 Å². The van der Waals surface area contributed by atoms with Crippen LogP contribution in [-0.4, -0.2) is 30.6 Å². The van der Waals surface area contributed by atoms with Gasteiger partial charge in [-0.05, 0) is 25.1 Å². The van der Waals surface area contributed by atoms with Crippen molar-refractivity contribution in [3.8, 4) is 27.8 Å². The number of nitrogens with one attached hydrogen (secondary N) is 1. The second-order valence-corrected chi connectivity index (χ2v) is 6.60. The van der Waals surface area contributed by atoms with Crippen LogP contribution in [0.5, 0.6) is 5.06 Å². The molecule has 4 aromatic rings. The standard InChI is InChI=1S/C17H11ClN6O3S/c1-9-16(28-24-23-9)27-17(25)22-14-8-20-13(7-21-14)11-6-10(2-3-12(11)18)15-19-4-5-26-15/h2-8H,1H3,(H,21,22,25). The number of benzene rings is 1. The molecule has 3 aromatic heterocycles. The molecule has 0 spiro atoms. The number of anilines is 1. The van der Waals surface area contributed by atoms with Crippen LogP contribution < -0.4 is 10.1 Å². The average Bonchev–Trinajstić information content (AvgIpc) is 3.36. The Hall–Kier alpha value is -3.37. The van der Waals surface area contributed by atoms with Gasteiger partial charge in [0.1, 0.15) is 12.0 Å². The Morgan fingerprint density at radius 3 is 2.82 bits per heavy atom. The summed E-state index contributed by atoms with van der Waals surface area (Å²) in [5.74, 6) is 0.698. The fraction of sp³-hybridized carbons (Fsp3) is 0.0588. The van der Waals surface area contributed by atoms with E-state index in [9.17, 15) is 4.79 Å². The Bertz CT molecular complexity index is 1110. The van der Waals surface area contributed by atoms with Crippen molar-refractivity contribution in [2.75, 3.05) is 5.32 Å². The Labute approximate surface area is 167 Å². The van der Waals surface area contributed by atoms with Gasteiger partial charge < -0.3 is 9.15 Å². The van der Waals surface area contributed by atoms with E-state index in [0.29, 0.717) is 32.9 Å². The highest BCUT2D eigenvalue weighted by atomic mass is 35.5. The number of ether oxygens (including phenoxy) is 1. The quantitative estimate of drug-likeness (QED) is 0.527. The van der Waals surface area contributed by atoms with Gasteiger partial charge in [0.25, 0.3) is 0 Å². The van der Waals surface area contributed by atoms with E-state index in [1.165, 1.54) is 18.7 Å². The first kappa shape index (κ1) is 18.0. The van der Waals surface area contributed by atoms with Crippen LogP contribution in [0.2, 0.25) is 5.02 Å². The first-order valence-corrected chi connectivity index (χ1v) is 9.05. The van der Waals surface area contributed by atoms with Gasteiger partial charge in [-0.2, -0.15) is 0 Å². The number of hydrogen-bond donors (Lipinski definition) is 1. The molecule has 1 amide bonds. The highest BCUT2D eigenvalue weighted by Crippen LogP contribution is 2.31. The third kappa shape index (κ3) is 3.82. The van der Waals surface area contributed by atoms with Gasteiger partial charge >= 0.3 is 6.09 Å². The fourth-order valence-electron chi connectivity index (χ4n) is 2.28. The van der Waals surface area contributed by atoms with Crippen molar-refractivity contribution in [2.24, 2.45) is 0 Å². The predicted molar refractivity (Wildman–Crippen MR) is 102 cm³/mol. The zero-order valence-corrected chi connectivity index (χ0v) is 15.9. The number of aromatic nitrogens is 5. The van der Waals surface area contributed by atoms with Crippen LogP contribution >= 0.6 is 23.1 Å². The van der Waals surface area contributed by atoms with E-state index in [1.54, 1.807) is 31.3 Å². The summed E-state index contributed by atoms with van der Waals surface area (Å²) in [4.78, 5) is 24.5. The minimum Gasteiger partial charge on any atom is -0.445 e. The minimum atomic E-state index is -0.708. The summed E-state index contributed by atoms with van der Waals surface area (Å²) in [6, 6.07) is 5.33. The fourth-order valence-corrected chi connectivity index (χ4v) is 3.02. The highest BCUT2D eigenvalue weighted by Gasteiger charge is 2.13. The molecule has 0 saturated heterocycles. The lowest BCUT2D eigenvalue weighted by Gasteiger charge is -2.07. The molecular weight excluding hydrogens is 404 g/mol. The second-order valence-electron chi connectivity index (χ2n) is 5.48. The molecule has 11 heteroatoms. The molecule has 0 unspecified atom stereocenters. The molecule has 0 radical (unpaired) electrons. The third-order valence-corrected chi connectivity index (χ3v) is 4.64. The SMILES string of the molecule is Cc1nnsc1OC(=O)Nc1cnc(-c2cc(-c3ncco3)ccc2Cl)cn1. The molecule has 3 heterocycles. The molecule has 0 saturated carbocycles. The van der Waals surface area contributed by atoms with Gasteiger partial charge in [-0.25, -0.2) is 14.8 Å². The molecule has 0 atom stereocenters. The largest absolute Gasteiger partial charge is 0.445 e. The van der Waals surface area contributed by atoms with Gasteiger partial charge in [0.05, 0.1) is 29.3 Å². The maximum Gasteiger partial charge on any atom is 0.419 e. The third-order valence-electron chi connectivity index (χ3n) is 3.60. The van der Waals surface area contributed by atoms with Crippen LogP contribution in [0.4, 0.5) is 10.6 Å². The number of aryl methyl sites for hydroxylation is 1. The number of nitrogens with zero attached hydrogens (tertiary/aromatic N) is 5. The summed E-state index contributed by atoms with van der Waals surface area (Å²) < 4.78 is 14.1. The van der Waals surface area contributed by atoms with Crippen molar-refractivity contribution in [2.45, 2.75) is 6.92 Å². The number of rotatable bonds is 4. The summed E-state index contributed by atoms with van der Waals surface area (Å²) >= 11 is 7.27. The van der Waals surface area contributed by atoms with E-state index >= 15 is 0 Å². The van der Waals surface area contributed by atoms with Gasteiger partial charge in [0.15, 0.2) is 5.82 Å². The normalized spacial score (nSPS) is 10.6. The van der Waals surface area contributed by atoms with E-state index in [-0.39, 0.29) is 5.82 Å². The molecule has 4 rings (SSSR count). The smallest absolute Gasteiger partial charge is 0.419 e. The van der Waals surface area contributed by atoms with Gasteiger partial charge in [-0.3, -0.25) is 10.3 Å². The van der Waals surface area contributed by atoms with Crippen molar-refractivity contribution >= 4 is 35.0 Å².